The lowest BCUT2D eigenvalue weighted by molar-refractivity contribution is -0.138. The molecule has 0 amide bonds. The van der Waals surface area contributed by atoms with Crippen molar-refractivity contribution in [3.05, 3.63) is 34.1 Å². The zero-order chi connectivity index (χ0) is 12.5. The monoisotopic (exact) mass is 244 g/mol. The molecular formula is C12H14ClFO2. The highest BCUT2D eigenvalue weighted by molar-refractivity contribution is 6.31. The Kier molecular flexibility index (Phi) is 3.58. The van der Waals surface area contributed by atoms with E-state index in [1.165, 1.54) is 0 Å². The van der Waals surface area contributed by atoms with Gasteiger partial charge in [0.15, 0.2) is 0 Å². The highest BCUT2D eigenvalue weighted by atomic mass is 35.5. The molecule has 0 saturated carbocycles. The standard InChI is InChI=1S/C12H14ClFO2/c1-7-4-5-8(13)10(11(7)14)12(2,3)6-9(15)16/h4-5H,6H2,1-3H3,(H,15,16). The fourth-order valence-electron chi connectivity index (χ4n) is 1.74. The van der Waals surface area contributed by atoms with E-state index in [2.05, 4.69) is 0 Å². The van der Waals surface area contributed by atoms with Crippen molar-refractivity contribution in [3.63, 3.8) is 0 Å². The van der Waals surface area contributed by atoms with Gasteiger partial charge in [0.25, 0.3) is 0 Å². The minimum Gasteiger partial charge on any atom is -0.481 e. The third kappa shape index (κ3) is 2.53. The van der Waals surface area contributed by atoms with E-state index < -0.39 is 17.2 Å². The molecule has 1 rings (SSSR count). The van der Waals surface area contributed by atoms with Crippen molar-refractivity contribution in [2.24, 2.45) is 0 Å². The Hall–Kier alpha value is -1.09. The van der Waals surface area contributed by atoms with Crippen molar-refractivity contribution < 1.29 is 14.3 Å². The molecule has 0 aliphatic rings. The minimum absolute atomic E-state index is 0.160. The number of carboxylic acid groups (broad SMARTS) is 1. The van der Waals surface area contributed by atoms with Crippen molar-refractivity contribution in [3.8, 4) is 0 Å². The number of carbonyl (C=O) groups is 1. The molecule has 1 aromatic rings. The topological polar surface area (TPSA) is 37.3 Å². The Labute approximate surface area is 99.0 Å². The lowest BCUT2D eigenvalue weighted by Crippen LogP contribution is -2.24. The van der Waals surface area contributed by atoms with Crippen LogP contribution in [0.3, 0.4) is 0 Å². The molecule has 88 valence electrons. The van der Waals surface area contributed by atoms with Gasteiger partial charge in [-0.2, -0.15) is 0 Å². The third-order valence-electron chi connectivity index (χ3n) is 2.55. The maximum absolute atomic E-state index is 13.9. The van der Waals surface area contributed by atoms with Gasteiger partial charge in [-0.3, -0.25) is 4.79 Å². The predicted octanol–water partition coefficient (Wildman–Crippen LogP) is 3.54. The molecular weight excluding hydrogens is 231 g/mol. The summed E-state index contributed by atoms with van der Waals surface area (Å²) in [5.74, 6) is -1.39. The summed E-state index contributed by atoms with van der Waals surface area (Å²) < 4.78 is 13.9. The number of rotatable bonds is 3. The van der Waals surface area contributed by atoms with Gasteiger partial charge in [-0.25, -0.2) is 4.39 Å². The van der Waals surface area contributed by atoms with E-state index in [4.69, 9.17) is 16.7 Å². The van der Waals surface area contributed by atoms with Crippen molar-refractivity contribution >= 4 is 17.6 Å². The van der Waals surface area contributed by atoms with Gasteiger partial charge in [-0.05, 0) is 18.6 Å². The molecule has 0 spiro atoms. The highest BCUT2D eigenvalue weighted by Gasteiger charge is 2.30. The first kappa shape index (κ1) is 13.0. The molecule has 0 saturated heterocycles. The highest BCUT2D eigenvalue weighted by Crippen LogP contribution is 2.35. The first-order valence-corrected chi connectivity index (χ1v) is 5.30. The number of halogens is 2. The molecule has 0 unspecified atom stereocenters. The molecule has 0 radical (unpaired) electrons. The molecule has 0 heterocycles. The Morgan fingerprint density at radius 3 is 2.56 bits per heavy atom. The second-order valence-electron chi connectivity index (χ2n) is 4.51. The second-order valence-corrected chi connectivity index (χ2v) is 4.91. The first-order valence-electron chi connectivity index (χ1n) is 4.92. The van der Waals surface area contributed by atoms with E-state index in [9.17, 15) is 9.18 Å². The Bertz CT molecular complexity index is 427. The molecule has 0 aliphatic carbocycles. The van der Waals surface area contributed by atoms with Crippen LogP contribution in [0.5, 0.6) is 0 Å². The molecule has 0 fully saturated rings. The summed E-state index contributed by atoms with van der Waals surface area (Å²) in [6.07, 6.45) is -0.160. The van der Waals surface area contributed by atoms with Crippen LogP contribution in [0, 0.1) is 12.7 Å². The normalized spacial score (nSPS) is 11.6. The summed E-state index contributed by atoms with van der Waals surface area (Å²) in [7, 11) is 0. The van der Waals surface area contributed by atoms with E-state index in [0.29, 0.717) is 5.56 Å². The van der Waals surface area contributed by atoms with Crippen LogP contribution in [-0.2, 0) is 10.2 Å². The molecule has 1 aromatic carbocycles. The van der Waals surface area contributed by atoms with Crippen LogP contribution in [0.4, 0.5) is 4.39 Å². The molecule has 0 aliphatic heterocycles. The van der Waals surface area contributed by atoms with E-state index in [-0.39, 0.29) is 17.0 Å². The zero-order valence-corrected chi connectivity index (χ0v) is 10.2. The van der Waals surface area contributed by atoms with Gasteiger partial charge in [0.2, 0.25) is 0 Å². The quantitative estimate of drug-likeness (QED) is 0.883. The van der Waals surface area contributed by atoms with Gasteiger partial charge in [-0.15, -0.1) is 0 Å². The van der Waals surface area contributed by atoms with Crippen LogP contribution in [0.1, 0.15) is 31.4 Å². The summed E-state index contributed by atoms with van der Waals surface area (Å²) >= 11 is 5.94. The molecule has 1 N–H and O–H groups in total. The van der Waals surface area contributed by atoms with Gasteiger partial charge in [0, 0.05) is 16.0 Å². The van der Waals surface area contributed by atoms with Crippen LogP contribution >= 0.6 is 11.6 Å². The molecule has 16 heavy (non-hydrogen) atoms. The number of aryl methyl sites for hydroxylation is 1. The Morgan fingerprint density at radius 2 is 2.06 bits per heavy atom. The third-order valence-corrected chi connectivity index (χ3v) is 2.87. The predicted molar refractivity (Wildman–Crippen MR) is 61.4 cm³/mol. The largest absolute Gasteiger partial charge is 0.481 e. The van der Waals surface area contributed by atoms with Gasteiger partial charge in [0.05, 0.1) is 6.42 Å². The Balaban J connectivity index is 3.31. The Morgan fingerprint density at radius 1 is 1.50 bits per heavy atom. The van der Waals surface area contributed by atoms with Gasteiger partial charge >= 0.3 is 5.97 Å². The first-order chi connectivity index (χ1) is 7.25. The van der Waals surface area contributed by atoms with E-state index in [1.807, 2.05) is 0 Å². The van der Waals surface area contributed by atoms with Crippen molar-refractivity contribution in [1.29, 1.82) is 0 Å². The number of benzene rings is 1. The van der Waals surface area contributed by atoms with Crippen LogP contribution in [-0.4, -0.2) is 11.1 Å². The number of aliphatic carboxylic acids is 1. The van der Waals surface area contributed by atoms with E-state index in [1.54, 1.807) is 32.9 Å². The second kappa shape index (κ2) is 4.42. The van der Waals surface area contributed by atoms with Crippen molar-refractivity contribution in [2.75, 3.05) is 0 Å². The summed E-state index contributed by atoms with van der Waals surface area (Å²) in [6, 6.07) is 3.18. The summed E-state index contributed by atoms with van der Waals surface area (Å²) in [6.45, 7) is 4.97. The molecule has 0 aromatic heterocycles. The lowest BCUT2D eigenvalue weighted by atomic mass is 9.80. The van der Waals surface area contributed by atoms with Crippen LogP contribution in [0.15, 0.2) is 12.1 Å². The smallest absolute Gasteiger partial charge is 0.304 e. The fourth-order valence-corrected chi connectivity index (χ4v) is 2.15. The molecule has 0 bridgehead atoms. The molecule has 0 atom stereocenters. The molecule has 4 heteroatoms. The number of carboxylic acids is 1. The number of hydrogen-bond donors (Lipinski definition) is 1. The lowest BCUT2D eigenvalue weighted by Gasteiger charge is -2.25. The van der Waals surface area contributed by atoms with E-state index >= 15 is 0 Å². The van der Waals surface area contributed by atoms with Crippen LogP contribution < -0.4 is 0 Å². The average molecular weight is 245 g/mol. The van der Waals surface area contributed by atoms with Crippen LogP contribution in [0.2, 0.25) is 5.02 Å². The summed E-state index contributed by atoms with van der Waals surface area (Å²) in [5.41, 5.74) is -0.0756. The average Bonchev–Trinajstić information content (AvgIpc) is 2.09. The maximum Gasteiger partial charge on any atom is 0.304 e. The van der Waals surface area contributed by atoms with Gasteiger partial charge < -0.3 is 5.11 Å². The SMILES string of the molecule is Cc1ccc(Cl)c(C(C)(C)CC(=O)O)c1F. The number of hydrogen-bond acceptors (Lipinski definition) is 1. The van der Waals surface area contributed by atoms with Gasteiger partial charge in [-0.1, -0.05) is 31.5 Å². The maximum atomic E-state index is 13.9. The summed E-state index contributed by atoms with van der Waals surface area (Å²) in [4.78, 5) is 10.7. The van der Waals surface area contributed by atoms with Crippen molar-refractivity contribution in [1.82, 2.24) is 0 Å². The van der Waals surface area contributed by atoms with Gasteiger partial charge in [0.1, 0.15) is 5.82 Å². The van der Waals surface area contributed by atoms with E-state index in [0.717, 1.165) is 0 Å². The fraction of sp³-hybridized carbons (Fsp3) is 0.417. The van der Waals surface area contributed by atoms with Crippen LogP contribution in [0.25, 0.3) is 0 Å². The summed E-state index contributed by atoms with van der Waals surface area (Å²) in [5, 5.41) is 9.07. The zero-order valence-electron chi connectivity index (χ0n) is 9.47. The van der Waals surface area contributed by atoms with Crippen molar-refractivity contribution in [2.45, 2.75) is 32.6 Å². The molecule has 2 nitrogen and oxygen atoms in total. The minimum atomic E-state index is -0.970.